The van der Waals surface area contributed by atoms with E-state index in [0.29, 0.717) is 34.1 Å². The lowest BCUT2D eigenvalue weighted by Crippen LogP contribution is -2.29. The van der Waals surface area contributed by atoms with Gasteiger partial charge in [0.15, 0.2) is 17.5 Å². The number of hydrogen-bond donors (Lipinski definition) is 2. The van der Waals surface area contributed by atoms with Crippen molar-refractivity contribution in [1.29, 1.82) is 10.5 Å². The third-order valence-corrected chi connectivity index (χ3v) is 11.2. The van der Waals surface area contributed by atoms with E-state index in [9.17, 15) is 0 Å². The van der Waals surface area contributed by atoms with Crippen molar-refractivity contribution < 1.29 is 10.0 Å². The molecule has 1 aromatic heterocycles. The molecule has 7 nitrogen and oxygen atoms in total. The Kier molecular flexibility index (Phi) is 12.2. The second-order valence-corrected chi connectivity index (χ2v) is 15.3. The smallest absolute Gasteiger partial charge is 0.423 e. The van der Waals surface area contributed by atoms with Crippen molar-refractivity contribution in [3.63, 3.8) is 0 Å². The van der Waals surface area contributed by atoms with E-state index >= 15 is 0 Å². The fraction of sp³-hybridized carbons (Fsp3) is 0. The summed E-state index contributed by atoms with van der Waals surface area (Å²) in [6.07, 6.45) is 0. The number of rotatable bonds is 8. The van der Waals surface area contributed by atoms with Crippen LogP contribution in [0, 0.1) is 22.7 Å². The van der Waals surface area contributed by atoms with E-state index in [1.165, 1.54) is 21.9 Å². The third kappa shape index (κ3) is 9.36. The van der Waals surface area contributed by atoms with E-state index in [2.05, 4.69) is 97.1 Å². The van der Waals surface area contributed by atoms with Gasteiger partial charge in [-0.1, -0.05) is 194 Å². The molecule has 9 aromatic carbocycles. The summed E-state index contributed by atoms with van der Waals surface area (Å²) in [6.45, 7) is 0. The first kappa shape index (κ1) is 41.6. The summed E-state index contributed by atoms with van der Waals surface area (Å²) in [6, 6.07) is 76.4. The Bertz CT molecular complexity index is 3250. The predicted molar refractivity (Wildman–Crippen MR) is 261 cm³/mol. The maximum atomic E-state index is 9.13. The molecule has 0 aliphatic carbocycles. The zero-order chi connectivity index (χ0) is 44.5. The van der Waals surface area contributed by atoms with Crippen LogP contribution in [0.25, 0.3) is 89.4 Å². The highest BCUT2D eigenvalue weighted by atomic mass is 16.4. The molecule has 0 saturated carbocycles. The number of benzene rings is 9. The molecule has 10 rings (SSSR count). The summed E-state index contributed by atoms with van der Waals surface area (Å²) in [7, 11) is -1.44. The van der Waals surface area contributed by atoms with Crippen molar-refractivity contribution in [2.45, 2.75) is 0 Å². The zero-order valence-electron chi connectivity index (χ0n) is 35.0. The molecule has 0 spiro atoms. The summed E-state index contributed by atoms with van der Waals surface area (Å²) in [5.74, 6) is 1.93. The van der Waals surface area contributed by atoms with Crippen LogP contribution in [0.15, 0.2) is 218 Å². The summed E-state index contributed by atoms with van der Waals surface area (Å²) in [4.78, 5) is 14.6. The Labute approximate surface area is 377 Å². The van der Waals surface area contributed by atoms with Crippen molar-refractivity contribution >= 4 is 23.4 Å². The van der Waals surface area contributed by atoms with Crippen LogP contribution in [0.4, 0.5) is 0 Å². The Morgan fingerprint density at radius 3 is 0.954 bits per heavy atom. The van der Waals surface area contributed by atoms with Crippen LogP contribution in [0.3, 0.4) is 0 Å². The van der Waals surface area contributed by atoms with Crippen LogP contribution in [-0.4, -0.2) is 32.1 Å². The van der Waals surface area contributed by atoms with E-state index < -0.39 is 7.12 Å². The fourth-order valence-electron chi connectivity index (χ4n) is 7.70. The maximum Gasteiger partial charge on any atom is 0.488 e. The van der Waals surface area contributed by atoms with Gasteiger partial charge in [0.1, 0.15) is 0 Å². The highest BCUT2D eigenvalue weighted by Crippen LogP contribution is 2.37. The molecule has 0 unspecified atom stereocenters. The molecule has 0 fully saturated rings. The zero-order valence-corrected chi connectivity index (χ0v) is 35.0. The molecule has 2 N–H and O–H groups in total. The molecule has 10 aromatic rings. The average Bonchev–Trinajstić information content (AvgIpc) is 3.39. The number of hydrogen-bond acceptors (Lipinski definition) is 7. The molecule has 306 valence electrons. The van der Waals surface area contributed by atoms with Gasteiger partial charge < -0.3 is 10.0 Å². The second kappa shape index (κ2) is 19.1. The molecule has 0 bridgehead atoms. The van der Waals surface area contributed by atoms with Gasteiger partial charge in [-0.2, -0.15) is 10.5 Å². The largest absolute Gasteiger partial charge is 0.488 e. The Hall–Kier alpha value is -8.79. The van der Waals surface area contributed by atoms with Gasteiger partial charge in [0.25, 0.3) is 0 Å². The lowest BCUT2D eigenvalue weighted by atomic mass is 9.80. The average molecular weight is 836 g/mol. The first-order chi connectivity index (χ1) is 31.9. The number of nitrogens with zero attached hydrogens (tertiary/aromatic N) is 5. The van der Waals surface area contributed by atoms with Gasteiger partial charge in [-0.05, 0) is 85.0 Å². The van der Waals surface area contributed by atoms with Gasteiger partial charge in [-0.25, -0.2) is 15.0 Å². The summed E-state index contributed by atoms with van der Waals surface area (Å²) < 4.78 is 0. The van der Waals surface area contributed by atoms with Crippen molar-refractivity contribution in [2.75, 3.05) is 0 Å². The fourth-order valence-corrected chi connectivity index (χ4v) is 7.70. The van der Waals surface area contributed by atoms with Crippen LogP contribution in [0.2, 0.25) is 0 Å². The second-order valence-electron chi connectivity index (χ2n) is 15.3. The Balaban J connectivity index is 0.000000264. The van der Waals surface area contributed by atoms with E-state index in [1.807, 2.05) is 109 Å². The van der Waals surface area contributed by atoms with Crippen LogP contribution in [0.1, 0.15) is 11.1 Å². The number of nitriles is 2. The molecule has 0 aliphatic rings. The van der Waals surface area contributed by atoms with E-state index in [1.54, 1.807) is 24.3 Å². The topological polar surface area (TPSA) is 127 Å². The van der Waals surface area contributed by atoms with Gasteiger partial charge in [-0.3, -0.25) is 0 Å². The highest BCUT2D eigenvalue weighted by Gasteiger charge is 2.15. The quantitative estimate of drug-likeness (QED) is 0.146. The molecule has 1 heterocycles. The highest BCUT2D eigenvalue weighted by molar-refractivity contribution is 6.58. The van der Waals surface area contributed by atoms with Gasteiger partial charge >= 0.3 is 7.12 Å². The lowest BCUT2D eigenvalue weighted by Gasteiger charge is -2.13. The van der Waals surface area contributed by atoms with Gasteiger partial charge in [0.2, 0.25) is 0 Å². The molecular formula is C57H38BN5O2. The van der Waals surface area contributed by atoms with Gasteiger partial charge in [-0.15, -0.1) is 0 Å². The molecule has 0 saturated heterocycles. The van der Waals surface area contributed by atoms with E-state index in [0.717, 1.165) is 50.1 Å². The van der Waals surface area contributed by atoms with Crippen molar-refractivity contribution in [3.8, 4) is 90.8 Å². The van der Waals surface area contributed by atoms with Gasteiger partial charge in [0, 0.05) is 16.7 Å². The van der Waals surface area contributed by atoms with Crippen molar-refractivity contribution in [3.05, 3.63) is 230 Å². The standard InChI is InChI=1S/C44H28N4.C13H10BNO2/c45-29-30-15-17-31(18-16-30)32-19-21-33(22-20-32)38-27-28-39(41-14-8-7-13-40(38)41)34-23-25-37(26-24-34)44-47-42(35-9-3-1-4-10-35)46-43(48-44)36-11-5-2-6-12-36;15-9-10-1-3-11(4-2-10)12-5-7-13(8-6-12)14(16)17/h1-28H;1-8,16-17H. The molecule has 0 atom stereocenters. The first-order valence-electron chi connectivity index (χ1n) is 21.0. The Morgan fingerprint density at radius 2 is 0.600 bits per heavy atom. The molecule has 8 heteroatoms. The van der Waals surface area contributed by atoms with Crippen LogP contribution >= 0.6 is 0 Å². The molecule has 0 radical (unpaired) electrons. The Morgan fingerprint density at radius 1 is 0.308 bits per heavy atom. The summed E-state index contributed by atoms with van der Waals surface area (Å²) in [5, 5.41) is 38.2. The number of fused-ring (bicyclic) bond motifs is 1. The summed E-state index contributed by atoms with van der Waals surface area (Å²) in [5.41, 5.74) is 13.4. The van der Waals surface area contributed by atoms with Crippen LogP contribution in [0.5, 0.6) is 0 Å². The van der Waals surface area contributed by atoms with E-state index in [-0.39, 0.29) is 0 Å². The van der Waals surface area contributed by atoms with Crippen LogP contribution < -0.4 is 5.46 Å². The van der Waals surface area contributed by atoms with Crippen LogP contribution in [-0.2, 0) is 0 Å². The third-order valence-electron chi connectivity index (χ3n) is 11.2. The van der Waals surface area contributed by atoms with Crippen molar-refractivity contribution in [2.24, 2.45) is 0 Å². The normalized spacial score (nSPS) is 10.6. The molecule has 0 amide bonds. The predicted octanol–water partition coefficient (Wildman–Crippen LogP) is 11.8. The molecule has 0 aliphatic heterocycles. The minimum absolute atomic E-state index is 0.461. The lowest BCUT2D eigenvalue weighted by molar-refractivity contribution is 0.426. The monoisotopic (exact) mass is 835 g/mol. The molecular weight excluding hydrogens is 797 g/mol. The maximum absolute atomic E-state index is 9.13. The first-order valence-corrected chi connectivity index (χ1v) is 21.0. The summed E-state index contributed by atoms with van der Waals surface area (Å²) >= 11 is 0. The van der Waals surface area contributed by atoms with Crippen molar-refractivity contribution in [1.82, 2.24) is 15.0 Å². The molecule has 65 heavy (non-hydrogen) atoms. The van der Waals surface area contributed by atoms with Gasteiger partial charge in [0.05, 0.1) is 23.3 Å². The number of aromatic nitrogens is 3. The minimum atomic E-state index is -1.44. The van der Waals surface area contributed by atoms with E-state index in [4.69, 9.17) is 35.5 Å². The minimum Gasteiger partial charge on any atom is -0.423 e. The SMILES string of the molecule is N#Cc1ccc(-c2ccc(-c3ccc(-c4ccc(-c5nc(-c6ccccc6)nc(-c6ccccc6)n5)cc4)c4ccccc34)cc2)cc1.N#Cc1ccc(-c2ccc(B(O)O)cc2)cc1.